The molecule has 6 nitrogen and oxygen atoms in total. The Morgan fingerprint density at radius 3 is 2.39 bits per heavy atom. The van der Waals surface area contributed by atoms with Crippen molar-refractivity contribution >= 4 is 11.9 Å². The third-order valence-electron chi connectivity index (χ3n) is 4.57. The van der Waals surface area contributed by atoms with Gasteiger partial charge in [-0.15, -0.1) is 0 Å². The highest BCUT2D eigenvalue weighted by Crippen LogP contribution is 2.39. The number of hydrogen-bond donors (Lipinski definition) is 0. The molecule has 6 heteroatoms. The molecule has 1 aromatic carbocycles. The van der Waals surface area contributed by atoms with E-state index in [0.29, 0.717) is 29.1 Å². The van der Waals surface area contributed by atoms with Crippen LogP contribution in [-0.2, 0) is 0 Å². The van der Waals surface area contributed by atoms with Crippen molar-refractivity contribution in [3.8, 4) is 35.2 Å². The van der Waals surface area contributed by atoms with Gasteiger partial charge in [-0.05, 0) is 31.4 Å². The number of pyridine rings is 1. The molecule has 0 saturated carbocycles. The number of benzene rings is 1. The summed E-state index contributed by atoms with van der Waals surface area (Å²) in [4.78, 5) is 6.76. The molecule has 0 aliphatic carbocycles. The molecule has 0 bridgehead atoms. The molecule has 3 rings (SSSR count). The minimum Gasteiger partial charge on any atom is -0.477 e. The van der Waals surface area contributed by atoms with E-state index in [4.69, 9.17) is 4.74 Å². The SMILES string of the molecule is CCOc1nc(N2CCCC2)c(C=C(C#N)C#N)c(-c2ccccc2)c1C#N. The molecule has 0 atom stereocenters. The van der Waals surface area contributed by atoms with E-state index in [0.717, 1.165) is 31.5 Å². The Kier molecular flexibility index (Phi) is 5.90. The Balaban J connectivity index is 2.41. The molecular weight excluding hydrogens is 350 g/mol. The van der Waals surface area contributed by atoms with E-state index in [1.807, 2.05) is 49.4 Å². The predicted octanol–water partition coefficient (Wildman–Crippen LogP) is 4.05. The number of hydrogen-bond acceptors (Lipinski definition) is 6. The summed E-state index contributed by atoms with van der Waals surface area (Å²) in [5, 5.41) is 28.5. The molecule has 0 radical (unpaired) electrons. The molecule has 1 fully saturated rings. The molecule has 1 aliphatic rings. The van der Waals surface area contributed by atoms with Crippen LogP contribution in [0.2, 0.25) is 0 Å². The summed E-state index contributed by atoms with van der Waals surface area (Å²) in [6.07, 6.45) is 3.61. The molecule has 28 heavy (non-hydrogen) atoms. The van der Waals surface area contributed by atoms with Gasteiger partial charge in [0.25, 0.3) is 0 Å². The molecule has 0 amide bonds. The zero-order valence-corrected chi connectivity index (χ0v) is 15.6. The zero-order chi connectivity index (χ0) is 19.9. The molecule has 2 aromatic rings. The van der Waals surface area contributed by atoms with E-state index in [1.54, 1.807) is 0 Å². The second-order valence-corrected chi connectivity index (χ2v) is 6.29. The van der Waals surface area contributed by atoms with Gasteiger partial charge >= 0.3 is 0 Å². The lowest BCUT2D eigenvalue weighted by atomic mass is 9.94. The van der Waals surface area contributed by atoms with Crippen LogP contribution in [0.25, 0.3) is 17.2 Å². The molecule has 0 N–H and O–H groups in total. The largest absolute Gasteiger partial charge is 0.477 e. The van der Waals surface area contributed by atoms with Crippen molar-refractivity contribution in [3.05, 3.63) is 47.0 Å². The fourth-order valence-corrected chi connectivity index (χ4v) is 3.36. The van der Waals surface area contributed by atoms with Gasteiger partial charge in [0.2, 0.25) is 5.88 Å². The monoisotopic (exact) mass is 369 g/mol. The number of nitriles is 3. The van der Waals surface area contributed by atoms with Gasteiger partial charge in [0, 0.05) is 24.2 Å². The summed E-state index contributed by atoms with van der Waals surface area (Å²) >= 11 is 0. The summed E-state index contributed by atoms with van der Waals surface area (Å²) in [6.45, 7) is 3.88. The van der Waals surface area contributed by atoms with E-state index in [9.17, 15) is 15.8 Å². The summed E-state index contributed by atoms with van der Waals surface area (Å²) in [5.74, 6) is 0.917. The van der Waals surface area contributed by atoms with Crippen LogP contribution < -0.4 is 9.64 Å². The van der Waals surface area contributed by atoms with Gasteiger partial charge in [0.1, 0.15) is 35.2 Å². The van der Waals surface area contributed by atoms with Gasteiger partial charge in [-0.3, -0.25) is 0 Å². The van der Waals surface area contributed by atoms with E-state index >= 15 is 0 Å². The van der Waals surface area contributed by atoms with Crippen LogP contribution in [0, 0.1) is 34.0 Å². The van der Waals surface area contributed by atoms with Crippen LogP contribution in [0.4, 0.5) is 5.82 Å². The standard InChI is InChI=1S/C22H19N5O/c1-2-28-22-19(15-25)20(17-8-4-3-5-9-17)18(12-16(13-23)14-24)21(26-22)27-10-6-7-11-27/h3-5,8-9,12H,2,6-7,10-11H2,1H3. The van der Waals surface area contributed by atoms with E-state index < -0.39 is 0 Å². The van der Waals surface area contributed by atoms with Crippen LogP contribution in [0.15, 0.2) is 35.9 Å². The van der Waals surface area contributed by atoms with Gasteiger partial charge < -0.3 is 9.64 Å². The van der Waals surface area contributed by atoms with Crippen LogP contribution >= 0.6 is 0 Å². The maximum Gasteiger partial charge on any atom is 0.234 e. The fourth-order valence-electron chi connectivity index (χ4n) is 3.36. The lowest BCUT2D eigenvalue weighted by molar-refractivity contribution is 0.326. The van der Waals surface area contributed by atoms with Gasteiger partial charge in [-0.1, -0.05) is 30.3 Å². The summed E-state index contributed by atoms with van der Waals surface area (Å²) in [5.41, 5.74) is 2.31. The minimum absolute atomic E-state index is 0.0347. The Labute approximate surface area is 164 Å². The Bertz CT molecular complexity index is 1000. The Morgan fingerprint density at radius 2 is 1.82 bits per heavy atom. The molecule has 1 aromatic heterocycles. The second-order valence-electron chi connectivity index (χ2n) is 6.29. The summed E-state index contributed by atoms with van der Waals surface area (Å²) in [6, 6.07) is 15.5. The number of rotatable bonds is 5. The Morgan fingerprint density at radius 1 is 1.14 bits per heavy atom. The van der Waals surface area contributed by atoms with Crippen molar-refractivity contribution in [2.24, 2.45) is 0 Å². The fraction of sp³-hybridized carbons (Fsp3) is 0.273. The highest BCUT2D eigenvalue weighted by Gasteiger charge is 2.26. The van der Waals surface area contributed by atoms with E-state index in [-0.39, 0.29) is 11.5 Å². The number of allylic oxidation sites excluding steroid dienone is 1. The second kappa shape index (κ2) is 8.71. The lowest BCUT2D eigenvalue weighted by Crippen LogP contribution is -2.21. The molecule has 0 spiro atoms. The molecule has 1 saturated heterocycles. The third kappa shape index (κ3) is 3.65. The molecular formula is C22H19N5O. The summed E-state index contributed by atoms with van der Waals surface area (Å²) in [7, 11) is 0. The van der Waals surface area contributed by atoms with Gasteiger partial charge in [-0.25, -0.2) is 0 Å². The zero-order valence-electron chi connectivity index (χ0n) is 15.6. The molecule has 0 unspecified atom stereocenters. The van der Waals surface area contributed by atoms with Crippen LogP contribution in [0.1, 0.15) is 30.9 Å². The first-order valence-corrected chi connectivity index (χ1v) is 9.16. The molecule has 138 valence electrons. The quantitative estimate of drug-likeness (QED) is 0.738. The first-order chi connectivity index (χ1) is 13.7. The number of aromatic nitrogens is 1. The summed E-state index contributed by atoms with van der Waals surface area (Å²) < 4.78 is 5.69. The minimum atomic E-state index is -0.0347. The van der Waals surface area contributed by atoms with Gasteiger partial charge in [0.15, 0.2) is 0 Å². The van der Waals surface area contributed by atoms with E-state index in [2.05, 4.69) is 16.0 Å². The van der Waals surface area contributed by atoms with Crippen molar-refractivity contribution in [1.82, 2.24) is 4.98 Å². The predicted molar refractivity (Wildman–Crippen MR) is 106 cm³/mol. The van der Waals surface area contributed by atoms with Crippen molar-refractivity contribution in [2.75, 3.05) is 24.6 Å². The maximum atomic E-state index is 9.88. The van der Waals surface area contributed by atoms with Crippen molar-refractivity contribution in [3.63, 3.8) is 0 Å². The highest BCUT2D eigenvalue weighted by molar-refractivity contribution is 5.89. The smallest absolute Gasteiger partial charge is 0.234 e. The average molecular weight is 369 g/mol. The first-order valence-electron chi connectivity index (χ1n) is 9.16. The first kappa shape index (κ1) is 19.0. The van der Waals surface area contributed by atoms with Crippen molar-refractivity contribution in [1.29, 1.82) is 15.8 Å². The number of nitrogens with zero attached hydrogens (tertiary/aromatic N) is 5. The van der Waals surface area contributed by atoms with Gasteiger partial charge in [-0.2, -0.15) is 20.8 Å². The number of ether oxygens (including phenoxy) is 1. The molecule has 1 aliphatic heterocycles. The normalized spacial score (nSPS) is 12.6. The van der Waals surface area contributed by atoms with Crippen molar-refractivity contribution in [2.45, 2.75) is 19.8 Å². The lowest BCUT2D eigenvalue weighted by Gasteiger charge is -2.23. The molecule has 2 heterocycles. The van der Waals surface area contributed by atoms with Crippen LogP contribution in [0.5, 0.6) is 5.88 Å². The van der Waals surface area contributed by atoms with E-state index in [1.165, 1.54) is 6.08 Å². The van der Waals surface area contributed by atoms with Gasteiger partial charge in [0.05, 0.1) is 6.61 Å². The topological polar surface area (TPSA) is 96.7 Å². The third-order valence-corrected chi connectivity index (χ3v) is 4.57. The van der Waals surface area contributed by atoms with Crippen molar-refractivity contribution < 1.29 is 4.74 Å². The Hall–Kier alpha value is -3.82. The maximum absolute atomic E-state index is 9.88. The highest BCUT2D eigenvalue weighted by atomic mass is 16.5. The average Bonchev–Trinajstić information content (AvgIpc) is 3.27. The number of anilines is 1. The van der Waals surface area contributed by atoms with Crippen LogP contribution in [0.3, 0.4) is 0 Å². The van der Waals surface area contributed by atoms with Crippen LogP contribution in [-0.4, -0.2) is 24.7 Å².